The van der Waals surface area contributed by atoms with Gasteiger partial charge in [-0.2, -0.15) is 4.31 Å². The summed E-state index contributed by atoms with van der Waals surface area (Å²) in [4.78, 5) is -0.325. The van der Waals surface area contributed by atoms with Crippen LogP contribution in [-0.4, -0.2) is 46.0 Å². The summed E-state index contributed by atoms with van der Waals surface area (Å²) >= 11 is 0. The summed E-state index contributed by atoms with van der Waals surface area (Å²) in [6, 6.07) is 5.12. The SMILES string of the molecule is CC(N)C1CCCCN1S(=O)(=O)c1ccccc1S(C)(=O)=O.Cl. The Bertz CT molecular complexity index is 748. The van der Waals surface area contributed by atoms with Gasteiger partial charge < -0.3 is 5.73 Å². The first kappa shape index (κ1) is 20.4. The van der Waals surface area contributed by atoms with Crippen LogP contribution >= 0.6 is 12.4 Å². The van der Waals surface area contributed by atoms with Gasteiger partial charge in [-0.15, -0.1) is 12.4 Å². The average molecular weight is 383 g/mol. The van der Waals surface area contributed by atoms with E-state index in [9.17, 15) is 16.8 Å². The molecule has 0 aliphatic carbocycles. The van der Waals surface area contributed by atoms with Crippen LogP contribution in [0.1, 0.15) is 26.2 Å². The molecule has 0 aromatic heterocycles. The Morgan fingerprint density at radius 2 is 1.70 bits per heavy atom. The van der Waals surface area contributed by atoms with Crippen LogP contribution < -0.4 is 5.73 Å². The molecule has 1 aromatic rings. The molecule has 1 aliphatic heterocycles. The zero-order chi connectivity index (χ0) is 16.5. The molecule has 1 heterocycles. The molecule has 0 radical (unpaired) electrons. The Hall–Kier alpha value is -0.670. The summed E-state index contributed by atoms with van der Waals surface area (Å²) in [6.45, 7) is 2.15. The molecule has 0 amide bonds. The summed E-state index contributed by atoms with van der Waals surface area (Å²) in [5.41, 5.74) is 5.93. The average Bonchev–Trinajstić information content (AvgIpc) is 2.46. The van der Waals surface area contributed by atoms with E-state index in [-0.39, 0.29) is 34.3 Å². The topological polar surface area (TPSA) is 97.5 Å². The molecular weight excluding hydrogens is 360 g/mol. The second-order valence-corrected chi connectivity index (χ2v) is 9.60. The molecule has 2 rings (SSSR count). The number of sulfonamides is 1. The zero-order valence-electron chi connectivity index (χ0n) is 13.2. The minimum Gasteiger partial charge on any atom is -0.326 e. The molecule has 2 unspecified atom stereocenters. The lowest BCUT2D eigenvalue weighted by Crippen LogP contribution is -2.51. The lowest BCUT2D eigenvalue weighted by Gasteiger charge is -2.37. The van der Waals surface area contributed by atoms with Gasteiger partial charge in [0.1, 0.15) is 4.90 Å². The summed E-state index contributed by atoms with van der Waals surface area (Å²) in [5, 5.41) is 0. The molecule has 2 N–H and O–H groups in total. The molecule has 1 fully saturated rings. The number of halogens is 1. The minimum atomic E-state index is -3.90. The van der Waals surface area contributed by atoms with Crippen molar-refractivity contribution in [3.05, 3.63) is 24.3 Å². The molecule has 6 nitrogen and oxygen atoms in total. The van der Waals surface area contributed by atoms with Gasteiger partial charge in [0.15, 0.2) is 9.84 Å². The van der Waals surface area contributed by atoms with Crippen LogP contribution in [0.2, 0.25) is 0 Å². The van der Waals surface area contributed by atoms with Gasteiger partial charge in [0.2, 0.25) is 10.0 Å². The van der Waals surface area contributed by atoms with Gasteiger partial charge in [-0.1, -0.05) is 18.6 Å². The van der Waals surface area contributed by atoms with E-state index in [0.717, 1.165) is 19.1 Å². The van der Waals surface area contributed by atoms with Crippen molar-refractivity contribution in [2.24, 2.45) is 5.73 Å². The highest BCUT2D eigenvalue weighted by Crippen LogP contribution is 2.30. The monoisotopic (exact) mass is 382 g/mol. The molecule has 0 spiro atoms. The van der Waals surface area contributed by atoms with Crippen molar-refractivity contribution in [1.29, 1.82) is 0 Å². The molecule has 0 bridgehead atoms. The van der Waals surface area contributed by atoms with Crippen LogP contribution in [0.15, 0.2) is 34.1 Å². The maximum atomic E-state index is 13.0. The number of nitrogens with zero attached hydrogens (tertiary/aromatic N) is 1. The first-order valence-corrected chi connectivity index (χ1v) is 10.6. The maximum absolute atomic E-state index is 13.0. The van der Waals surface area contributed by atoms with Crippen LogP contribution in [0.3, 0.4) is 0 Å². The van der Waals surface area contributed by atoms with Crippen molar-refractivity contribution in [3.8, 4) is 0 Å². The van der Waals surface area contributed by atoms with E-state index in [1.165, 1.54) is 28.6 Å². The summed E-state index contributed by atoms with van der Waals surface area (Å²) in [5.74, 6) is 0. The van der Waals surface area contributed by atoms with Gasteiger partial charge in [-0.3, -0.25) is 0 Å². The van der Waals surface area contributed by atoms with Gasteiger partial charge in [0.05, 0.1) is 4.90 Å². The van der Waals surface area contributed by atoms with E-state index >= 15 is 0 Å². The number of nitrogens with two attached hydrogens (primary N) is 1. The van der Waals surface area contributed by atoms with Gasteiger partial charge in [-0.25, -0.2) is 16.8 Å². The Balaban J connectivity index is 0.00000264. The van der Waals surface area contributed by atoms with E-state index in [1.54, 1.807) is 6.92 Å². The fourth-order valence-electron chi connectivity index (χ4n) is 2.85. The highest BCUT2D eigenvalue weighted by molar-refractivity contribution is 7.93. The summed E-state index contributed by atoms with van der Waals surface area (Å²) in [6.07, 6.45) is 3.38. The van der Waals surface area contributed by atoms with Crippen molar-refractivity contribution in [1.82, 2.24) is 4.31 Å². The molecule has 0 saturated carbocycles. The van der Waals surface area contributed by atoms with Crippen LogP contribution in [0.4, 0.5) is 0 Å². The van der Waals surface area contributed by atoms with Gasteiger partial charge in [0, 0.05) is 24.9 Å². The van der Waals surface area contributed by atoms with Crippen molar-refractivity contribution in [2.75, 3.05) is 12.8 Å². The number of piperidine rings is 1. The van der Waals surface area contributed by atoms with Crippen LogP contribution in [-0.2, 0) is 19.9 Å². The molecule has 1 saturated heterocycles. The molecule has 1 aliphatic rings. The fourth-order valence-corrected chi connectivity index (χ4v) is 6.23. The third kappa shape index (κ3) is 4.24. The first-order valence-electron chi connectivity index (χ1n) is 7.22. The Labute approximate surface area is 144 Å². The van der Waals surface area contributed by atoms with Crippen LogP contribution in [0, 0.1) is 0 Å². The number of hydrogen-bond acceptors (Lipinski definition) is 5. The normalized spacial score (nSPS) is 21.4. The van der Waals surface area contributed by atoms with Gasteiger partial charge in [0.25, 0.3) is 0 Å². The molecule has 132 valence electrons. The van der Waals surface area contributed by atoms with Gasteiger partial charge in [-0.05, 0) is 31.9 Å². The predicted octanol–water partition coefficient (Wildman–Crippen LogP) is 1.40. The smallest absolute Gasteiger partial charge is 0.244 e. The number of sulfone groups is 1. The van der Waals surface area contributed by atoms with E-state index in [1.807, 2.05) is 0 Å². The molecule has 9 heteroatoms. The van der Waals surface area contributed by atoms with Crippen molar-refractivity contribution in [3.63, 3.8) is 0 Å². The molecule has 2 atom stereocenters. The second kappa shape index (κ2) is 7.48. The first-order chi connectivity index (χ1) is 10.2. The standard InChI is InChI=1S/C14H22N2O4S2.ClH/c1-11(15)12-7-5-6-10-16(12)22(19,20)14-9-4-3-8-13(14)21(2,17)18;/h3-4,8-9,11-12H,5-7,10,15H2,1-2H3;1H. The summed E-state index contributed by atoms with van der Waals surface area (Å²) < 4.78 is 51.1. The Kier molecular flexibility index (Phi) is 6.63. The minimum absolute atomic E-state index is 0. The highest BCUT2D eigenvalue weighted by Gasteiger charge is 2.37. The second-order valence-electron chi connectivity index (χ2n) is 5.76. The molecule has 1 aromatic carbocycles. The lowest BCUT2D eigenvalue weighted by molar-refractivity contribution is 0.227. The van der Waals surface area contributed by atoms with E-state index in [4.69, 9.17) is 5.73 Å². The van der Waals surface area contributed by atoms with Gasteiger partial charge >= 0.3 is 0 Å². The van der Waals surface area contributed by atoms with E-state index < -0.39 is 19.9 Å². The largest absolute Gasteiger partial charge is 0.326 e. The zero-order valence-corrected chi connectivity index (χ0v) is 15.6. The number of hydrogen-bond donors (Lipinski definition) is 1. The van der Waals surface area contributed by atoms with E-state index in [0.29, 0.717) is 13.0 Å². The quantitative estimate of drug-likeness (QED) is 0.848. The fraction of sp³-hybridized carbons (Fsp3) is 0.571. The highest BCUT2D eigenvalue weighted by atomic mass is 35.5. The van der Waals surface area contributed by atoms with E-state index in [2.05, 4.69) is 0 Å². The third-order valence-electron chi connectivity index (χ3n) is 3.94. The van der Waals surface area contributed by atoms with Crippen LogP contribution in [0.5, 0.6) is 0 Å². The number of benzene rings is 1. The third-order valence-corrected chi connectivity index (χ3v) is 7.21. The Morgan fingerprint density at radius 1 is 1.13 bits per heavy atom. The van der Waals surface area contributed by atoms with Crippen molar-refractivity contribution in [2.45, 2.75) is 48.1 Å². The van der Waals surface area contributed by atoms with Crippen LogP contribution in [0.25, 0.3) is 0 Å². The van der Waals surface area contributed by atoms with Crippen molar-refractivity contribution < 1.29 is 16.8 Å². The summed E-state index contributed by atoms with van der Waals surface area (Å²) in [7, 11) is -7.53. The molecule has 23 heavy (non-hydrogen) atoms. The maximum Gasteiger partial charge on any atom is 0.244 e. The lowest BCUT2D eigenvalue weighted by atomic mass is 10.00. The Morgan fingerprint density at radius 3 is 2.22 bits per heavy atom. The van der Waals surface area contributed by atoms with Crippen molar-refractivity contribution >= 4 is 32.3 Å². The molecular formula is C14H23ClN2O4S2. The number of rotatable bonds is 4. The predicted molar refractivity (Wildman–Crippen MR) is 92.0 cm³/mol.